The van der Waals surface area contributed by atoms with Gasteiger partial charge in [0.15, 0.2) is 0 Å². The Bertz CT molecular complexity index is 709. The number of anilines is 1. The Labute approximate surface area is 138 Å². The molecule has 0 amide bonds. The summed E-state index contributed by atoms with van der Waals surface area (Å²) in [7, 11) is 0. The summed E-state index contributed by atoms with van der Waals surface area (Å²) >= 11 is 0. The molecule has 1 aliphatic heterocycles. The zero-order valence-electron chi connectivity index (χ0n) is 13.6. The van der Waals surface area contributed by atoms with E-state index in [-0.39, 0.29) is 11.8 Å². The number of hydrogen-bond acceptors (Lipinski definition) is 2. The molecule has 3 atom stereocenters. The molecule has 2 unspecified atom stereocenters. The van der Waals surface area contributed by atoms with Crippen molar-refractivity contribution in [3.63, 3.8) is 0 Å². The molecule has 2 aromatic rings. The summed E-state index contributed by atoms with van der Waals surface area (Å²) in [4.78, 5) is 15.4. The van der Waals surface area contributed by atoms with Crippen LogP contribution in [0.5, 0.6) is 0 Å². The molecule has 23 heavy (non-hydrogen) atoms. The molecule has 1 aliphatic carbocycles. The van der Waals surface area contributed by atoms with Crippen molar-refractivity contribution in [3.8, 4) is 0 Å². The summed E-state index contributed by atoms with van der Waals surface area (Å²) in [6, 6.07) is 19.4. The van der Waals surface area contributed by atoms with E-state index in [1.165, 1.54) is 16.8 Å². The minimum atomic E-state index is 0.0774. The van der Waals surface area contributed by atoms with E-state index in [4.69, 9.17) is 0 Å². The summed E-state index contributed by atoms with van der Waals surface area (Å²) in [5.74, 6) is 0.793. The van der Waals surface area contributed by atoms with E-state index in [1.54, 1.807) is 0 Å². The second kappa shape index (κ2) is 5.84. The number of ketones is 1. The smallest absolute Gasteiger partial charge is 0.145 e. The minimum absolute atomic E-state index is 0.0774. The van der Waals surface area contributed by atoms with E-state index in [2.05, 4.69) is 66.4 Å². The highest BCUT2D eigenvalue weighted by Crippen LogP contribution is 2.48. The van der Waals surface area contributed by atoms with Gasteiger partial charge in [0.1, 0.15) is 5.78 Å². The van der Waals surface area contributed by atoms with Crippen molar-refractivity contribution in [1.29, 1.82) is 0 Å². The minimum Gasteiger partial charge on any atom is -0.363 e. The normalized spacial score (nSPS) is 26.0. The van der Waals surface area contributed by atoms with Crippen LogP contribution >= 0.6 is 0 Å². The Morgan fingerprint density at radius 1 is 1.00 bits per heavy atom. The number of Topliss-reactive ketones (excluding diaryl/α,β-unsaturated/α-hetero) is 1. The van der Waals surface area contributed by atoms with Crippen molar-refractivity contribution in [2.75, 3.05) is 4.90 Å². The van der Waals surface area contributed by atoms with Crippen molar-refractivity contribution >= 4 is 11.5 Å². The van der Waals surface area contributed by atoms with E-state index in [1.807, 2.05) is 0 Å². The molecule has 0 spiro atoms. The Morgan fingerprint density at radius 2 is 1.74 bits per heavy atom. The van der Waals surface area contributed by atoms with Gasteiger partial charge in [0, 0.05) is 24.2 Å². The maximum atomic E-state index is 13.0. The maximum absolute atomic E-state index is 13.0. The third kappa shape index (κ3) is 2.37. The second-order valence-corrected chi connectivity index (χ2v) is 6.80. The molecule has 4 rings (SSSR count). The Morgan fingerprint density at radius 3 is 2.52 bits per heavy atom. The summed E-state index contributed by atoms with van der Waals surface area (Å²) < 4.78 is 0. The molecule has 2 nitrogen and oxygen atoms in total. The first-order valence-electron chi connectivity index (χ1n) is 8.72. The molecule has 1 heterocycles. The lowest BCUT2D eigenvalue weighted by Gasteiger charge is -2.36. The van der Waals surface area contributed by atoms with Crippen molar-refractivity contribution in [1.82, 2.24) is 0 Å². The lowest BCUT2D eigenvalue weighted by molar-refractivity contribution is -0.126. The van der Waals surface area contributed by atoms with Gasteiger partial charge in [-0.3, -0.25) is 4.79 Å². The number of rotatable bonds is 3. The number of hydrogen-bond donors (Lipinski definition) is 0. The van der Waals surface area contributed by atoms with Gasteiger partial charge in [-0.1, -0.05) is 55.5 Å². The van der Waals surface area contributed by atoms with Crippen molar-refractivity contribution < 1.29 is 4.79 Å². The summed E-state index contributed by atoms with van der Waals surface area (Å²) in [5, 5.41) is 0. The largest absolute Gasteiger partial charge is 0.363 e. The van der Waals surface area contributed by atoms with E-state index in [0.29, 0.717) is 11.8 Å². The SMILES string of the molecule is CC[C@@H]1CCC2C(C1=O)c1ccccc1N2Cc1ccccc1. The van der Waals surface area contributed by atoms with Gasteiger partial charge in [-0.25, -0.2) is 0 Å². The first kappa shape index (κ1) is 14.5. The average Bonchev–Trinajstić information content (AvgIpc) is 2.91. The quantitative estimate of drug-likeness (QED) is 0.829. The highest BCUT2D eigenvalue weighted by molar-refractivity contribution is 5.93. The van der Waals surface area contributed by atoms with E-state index < -0.39 is 0 Å². The number of nitrogens with zero attached hydrogens (tertiary/aromatic N) is 1. The average molecular weight is 305 g/mol. The standard InChI is InChI=1S/C21H23NO/c1-2-16-12-13-19-20(21(16)23)17-10-6-7-11-18(17)22(19)14-15-8-4-3-5-9-15/h3-11,16,19-20H,2,12-14H2,1H3/t16-,19?,20?/m1/s1. The molecular weight excluding hydrogens is 282 g/mol. The Kier molecular flexibility index (Phi) is 3.68. The topological polar surface area (TPSA) is 20.3 Å². The number of benzene rings is 2. The van der Waals surface area contributed by atoms with Crippen LogP contribution < -0.4 is 4.90 Å². The molecular formula is C21H23NO. The molecule has 118 valence electrons. The van der Waals surface area contributed by atoms with Crippen molar-refractivity contribution in [2.24, 2.45) is 5.92 Å². The van der Waals surface area contributed by atoms with E-state index >= 15 is 0 Å². The van der Waals surface area contributed by atoms with Crippen molar-refractivity contribution in [3.05, 3.63) is 65.7 Å². The van der Waals surface area contributed by atoms with Crippen LogP contribution in [0.4, 0.5) is 5.69 Å². The van der Waals surface area contributed by atoms with Crippen molar-refractivity contribution in [2.45, 2.75) is 44.7 Å². The summed E-state index contributed by atoms with van der Waals surface area (Å²) in [5.41, 5.74) is 3.82. The van der Waals surface area contributed by atoms with Gasteiger partial charge < -0.3 is 4.90 Å². The summed E-state index contributed by atoms with van der Waals surface area (Å²) in [6.07, 6.45) is 3.13. The number of carbonyl (C=O) groups is 1. The van der Waals surface area contributed by atoms with Crippen LogP contribution in [-0.4, -0.2) is 11.8 Å². The predicted molar refractivity (Wildman–Crippen MR) is 93.6 cm³/mol. The molecule has 2 heteroatoms. The molecule has 2 aliphatic rings. The number of fused-ring (bicyclic) bond motifs is 3. The zero-order chi connectivity index (χ0) is 15.8. The number of carbonyl (C=O) groups excluding carboxylic acids is 1. The van der Waals surface area contributed by atoms with Crippen LogP contribution in [-0.2, 0) is 11.3 Å². The first-order valence-corrected chi connectivity index (χ1v) is 8.72. The van der Waals surface area contributed by atoms with E-state index in [0.717, 1.165) is 25.8 Å². The molecule has 2 aromatic carbocycles. The number of para-hydroxylation sites is 1. The maximum Gasteiger partial charge on any atom is 0.145 e. The highest BCUT2D eigenvalue weighted by atomic mass is 16.1. The predicted octanol–water partition coefficient (Wildman–Crippen LogP) is 4.55. The second-order valence-electron chi connectivity index (χ2n) is 6.80. The first-order chi connectivity index (χ1) is 11.3. The van der Waals surface area contributed by atoms with Crippen LogP contribution in [0.1, 0.15) is 43.2 Å². The fraction of sp³-hybridized carbons (Fsp3) is 0.381. The third-order valence-electron chi connectivity index (χ3n) is 5.57. The fourth-order valence-corrected chi connectivity index (χ4v) is 4.40. The molecule has 0 N–H and O–H groups in total. The molecule has 0 bridgehead atoms. The van der Waals surface area contributed by atoms with Gasteiger partial charge in [-0.15, -0.1) is 0 Å². The van der Waals surface area contributed by atoms with Gasteiger partial charge >= 0.3 is 0 Å². The fourth-order valence-electron chi connectivity index (χ4n) is 4.40. The van der Waals surface area contributed by atoms with Crippen LogP contribution in [0.2, 0.25) is 0 Å². The van der Waals surface area contributed by atoms with Crippen LogP contribution in [0, 0.1) is 5.92 Å². The molecule has 0 saturated heterocycles. The van der Waals surface area contributed by atoms with Crippen LogP contribution in [0.3, 0.4) is 0 Å². The highest BCUT2D eigenvalue weighted by Gasteiger charge is 2.46. The van der Waals surface area contributed by atoms with Crippen LogP contribution in [0.25, 0.3) is 0 Å². The third-order valence-corrected chi connectivity index (χ3v) is 5.57. The monoisotopic (exact) mass is 305 g/mol. The Hall–Kier alpha value is -2.09. The van der Waals surface area contributed by atoms with Gasteiger partial charge in [0.25, 0.3) is 0 Å². The molecule has 1 saturated carbocycles. The lowest BCUT2D eigenvalue weighted by Crippen LogP contribution is -2.42. The molecule has 0 radical (unpaired) electrons. The van der Waals surface area contributed by atoms with Crippen LogP contribution in [0.15, 0.2) is 54.6 Å². The van der Waals surface area contributed by atoms with Gasteiger partial charge in [-0.05, 0) is 36.5 Å². The summed E-state index contributed by atoms with van der Waals surface area (Å²) in [6.45, 7) is 3.04. The lowest BCUT2D eigenvalue weighted by atomic mass is 9.74. The molecule has 1 fully saturated rings. The van der Waals surface area contributed by atoms with Gasteiger partial charge in [0.2, 0.25) is 0 Å². The Balaban J connectivity index is 1.72. The molecule has 0 aromatic heterocycles. The van der Waals surface area contributed by atoms with E-state index in [9.17, 15) is 4.79 Å². The van der Waals surface area contributed by atoms with Gasteiger partial charge in [0.05, 0.1) is 5.92 Å². The van der Waals surface area contributed by atoms with Gasteiger partial charge in [-0.2, -0.15) is 0 Å². The zero-order valence-corrected chi connectivity index (χ0v) is 13.6.